The van der Waals surface area contributed by atoms with E-state index in [2.05, 4.69) is 48.5 Å². The van der Waals surface area contributed by atoms with Crippen molar-refractivity contribution in [2.45, 2.75) is 53.0 Å². The van der Waals surface area contributed by atoms with Gasteiger partial charge in [0.2, 0.25) is 0 Å². The quantitative estimate of drug-likeness (QED) is 0.717. The topological polar surface area (TPSA) is 20.7 Å². The molecule has 0 aliphatic carbocycles. The van der Waals surface area contributed by atoms with Crippen molar-refractivity contribution in [3.8, 4) is 0 Å². The second-order valence-corrected chi connectivity index (χ2v) is 5.81. The fraction of sp³-hybridized carbons (Fsp3) is 0.562. The van der Waals surface area contributed by atoms with Crippen LogP contribution in [-0.2, 0) is 6.54 Å². The van der Waals surface area contributed by atoms with Gasteiger partial charge >= 0.3 is 0 Å². The first-order valence-electron chi connectivity index (χ1n) is 7.35. The third-order valence-electron chi connectivity index (χ3n) is 4.00. The standard InChI is InChI=1S/C16H24N2S/c1-4-6-9-13(5-2)11-18-14-10-7-8-12(3)15(14)17-16(18)19/h7-8,10,13H,4-6,9,11H2,1-3H3,(H,17,19). The van der Waals surface area contributed by atoms with Crippen molar-refractivity contribution in [2.75, 3.05) is 0 Å². The zero-order valence-corrected chi connectivity index (χ0v) is 13.0. The maximum Gasteiger partial charge on any atom is 0.178 e. The van der Waals surface area contributed by atoms with Crippen molar-refractivity contribution in [3.05, 3.63) is 28.5 Å². The highest BCUT2D eigenvalue weighted by atomic mass is 32.1. The average molecular weight is 276 g/mol. The van der Waals surface area contributed by atoms with Crippen LogP contribution in [0.2, 0.25) is 0 Å². The molecule has 0 fully saturated rings. The first kappa shape index (κ1) is 14.3. The zero-order chi connectivity index (χ0) is 13.8. The maximum absolute atomic E-state index is 5.50. The zero-order valence-electron chi connectivity index (χ0n) is 12.2. The number of nitrogens with zero attached hydrogens (tertiary/aromatic N) is 1. The lowest BCUT2D eigenvalue weighted by atomic mass is 9.99. The van der Waals surface area contributed by atoms with E-state index in [0.717, 1.165) is 17.2 Å². The van der Waals surface area contributed by atoms with E-state index >= 15 is 0 Å². The third kappa shape index (κ3) is 3.08. The van der Waals surface area contributed by atoms with E-state index < -0.39 is 0 Å². The molecule has 0 radical (unpaired) electrons. The Morgan fingerprint density at radius 2 is 2.11 bits per heavy atom. The molecule has 2 aromatic rings. The SMILES string of the molecule is CCCCC(CC)Cn1c(=S)[nH]c2c(C)cccc21. The highest BCUT2D eigenvalue weighted by molar-refractivity contribution is 7.71. The predicted octanol–water partition coefficient (Wildman–Crippen LogP) is 5.22. The monoisotopic (exact) mass is 276 g/mol. The van der Waals surface area contributed by atoms with Gasteiger partial charge in [0.15, 0.2) is 4.77 Å². The van der Waals surface area contributed by atoms with E-state index in [1.54, 1.807) is 0 Å². The Morgan fingerprint density at radius 1 is 1.32 bits per heavy atom. The molecule has 0 spiro atoms. The highest BCUT2D eigenvalue weighted by Gasteiger charge is 2.11. The molecule has 3 heteroatoms. The summed E-state index contributed by atoms with van der Waals surface area (Å²) in [4.78, 5) is 3.36. The number of hydrogen-bond acceptors (Lipinski definition) is 1. The number of H-pyrrole nitrogens is 1. The molecule has 0 saturated carbocycles. The molecule has 0 aliphatic heterocycles. The number of nitrogens with one attached hydrogen (secondary N) is 1. The van der Waals surface area contributed by atoms with Crippen LogP contribution in [0, 0.1) is 17.6 Å². The molecule has 0 amide bonds. The second kappa shape index (κ2) is 6.38. The Hall–Kier alpha value is -1.09. The summed E-state index contributed by atoms with van der Waals surface area (Å²) in [5.41, 5.74) is 3.71. The summed E-state index contributed by atoms with van der Waals surface area (Å²) in [6, 6.07) is 6.41. The maximum atomic E-state index is 5.50. The van der Waals surface area contributed by atoms with E-state index in [9.17, 15) is 0 Å². The molecule has 19 heavy (non-hydrogen) atoms. The van der Waals surface area contributed by atoms with Crippen LogP contribution in [-0.4, -0.2) is 9.55 Å². The van der Waals surface area contributed by atoms with Crippen molar-refractivity contribution < 1.29 is 0 Å². The molecule has 0 bridgehead atoms. The number of rotatable bonds is 6. The summed E-state index contributed by atoms with van der Waals surface area (Å²) < 4.78 is 3.14. The minimum absolute atomic E-state index is 0.728. The third-order valence-corrected chi connectivity index (χ3v) is 4.33. The Balaban J connectivity index is 2.31. The molecule has 1 aromatic heterocycles. The van der Waals surface area contributed by atoms with Gasteiger partial charge in [0.25, 0.3) is 0 Å². The van der Waals surface area contributed by atoms with E-state index in [1.165, 1.54) is 42.3 Å². The number of unbranched alkanes of at least 4 members (excludes halogenated alkanes) is 1. The predicted molar refractivity (Wildman–Crippen MR) is 85.2 cm³/mol. The lowest BCUT2D eigenvalue weighted by Gasteiger charge is -2.15. The van der Waals surface area contributed by atoms with Gasteiger partial charge in [-0.3, -0.25) is 0 Å². The summed E-state index contributed by atoms with van der Waals surface area (Å²) in [6.07, 6.45) is 5.11. The van der Waals surface area contributed by atoms with Gasteiger partial charge in [-0.25, -0.2) is 0 Å². The Kier molecular flexibility index (Phi) is 4.81. The van der Waals surface area contributed by atoms with Crippen molar-refractivity contribution in [2.24, 2.45) is 5.92 Å². The van der Waals surface area contributed by atoms with Crippen LogP contribution in [0.4, 0.5) is 0 Å². The molecular weight excluding hydrogens is 252 g/mol. The molecule has 1 N–H and O–H groups in total. The molecular formula is C16H24N2S. The van der Waals surface area contributed by atoms with Gasteiger partial charge in [0.05, 0.1) is 11.0 Å². The van der Waals surface area contributed by atoms with E-state index in [-0.39, 0.29) is 0 Å². The molecule has 0 aliphatic rings. The van der Waals surface area contributed by atoms with E-state index in [0.29, 0.717) is 0 Å². The number of aryl methyl sites for hydroxylation is 1. The lowest BCUT2D eigenvalue weighted by molar-refractivity contribution is 0.393. The fourth-order valence-corrected chi connectivity index (χ4v) is 2.96. The fourth-order valence-electron chi connectivity index (χ4n) is 2.68. The van der Waals surface area contributed by atoms with Gasteiger partial charge in [0, 0.05) is 6.54 Å². The Labute approximate surface area is 120 Å². The molecule has 1 aromatic carbocycles. The smallest absolute Gasteiger partial charge is 0.178 e. The number of hydrogen-bond donors (Lipinski definition) is 1. The van der Waals surface area contributed by atoms with Crippen LogP contribution in [0.25, 0.3) is 11.0 Å². The molecule has 0 saturated heterocycles. The van der Waals surface area contributed by atoms with Gasteiger partial charge in [-0.15, -0.1) is 0 Å². The highest BCUT2D eigenvalue weighted by Crippen LogP contribution is 2.22. The average Bonchev–Trinajstić information content (AvgIpc) is 2.72. The van der Waals surface area contributed by atoms with Crippen molar-refractivity contribution in [1.29, 1.82) is 0 Å². The number of para-hydroxylation sites is 1. The normalized spacial score (nSPS) is 13.0. The van der Waals surface area contributed by atoms with Crippen molar-refractivity contribution >= 4 is 23.3 Å². The van der Waals surface area contributed by atoms with Crippen LogP contribution >= 0.6 is 12.2 Å². The lowest BCUT2D eigenvalue weighted by Crippen LogP contribution is -2.10. The van der Waals surface area contributed by atoms with E-state index in [1.807, 2.05) is 0 Å². The largest absolute Gasteiger partial charge is 0.330 e. The van der Waals surface area contributed by atoms with Crippen LogP contribution < -0.4 is 0 Å². The van der Waals surface area contributed by atoms with Gasteiger partial charge < -0.3 is 9.55 Å². The number of aromatic amines is 1. The first-order chi connectivity index (χ1) is 9.17. The molecule has 1 heterocycles. The van der Waals surface area contributed by atoms with Gasteiger partial charge in [-0.2, -0.15) is 0 Å². The Morgan fingerprint density at radius 3 is 2.79 bits per heavy atom. The van der Waals surface area contributed by atoms with Crippen molar-refractivity contribution in [3.63, 3.8) is 0 Å². The number of fused-ring (bicyclic) bond motifs is 1. The van der Waals surface area contributed by atoms with Gasteiger partial charge in [0.1, 0.15) is 0 Å². The number of benzene rings is 1. The minimum atomic E-state index is 0.728. The van der Waals surface area contributed by atoms with Crippen LogP contribution in [0.15, 0.2) is 18.2 Å². The Bertz CT molecular complexity index is 594. The molecule has 1 unspecified atom stereocenters. The van der Waals surface area contributed by atoms with E-state index in [4.69, 9.17) is 12.2 Å². The minimum Gasteiger partial charge on any atom is -0.330 e. The summed E-state index contributed by atoms with van der Waals surface area (Å²) in [6.45, 7) is 7.71. The summed E-state index contributed by atoms with van der Waals surface area (Å²) in [5, 5.41) is 0. The van der Waals surface area contributed by atoms with Crippen LogP contribution in [0.5, 0.6) is 0 Å². The van der Waals surface area contributed by atoms with Crippen molar-refractivity contribution in [1.82, 2.24) is 9.55 Å². The van der Waals surface area contributed by atoms with Crippen LogP contribution in [0.3, 0.4) is 0 Å². The summed E-state index contributed by atoms with van der Waals surface area (Å²) >= 11 is 5.50. The number of imidazole rings is 1. The summed E-state index contributed by atoms with van der Waals surface area (Å²) in [5.74, 6) is 0.728. The van der Waals surface area contributed by atoms with Gasteiger partial charge in [-0.05, 0) is 43.1 Å². The van der Waals surface area contributed by atoms with Crippen LogP contribution in [0.1, 0.15) is 45.1 Å². The second-order valence-electron chi connectivity index (χ2n) is 5.43. The molecule has 2 nitrogen and oxygen atoms in total. The number of aromatic nitrogens is 2. The molecule has 2 rings (SSSR count). The van der Waals surface area contributed by atoms with Gasteiger partial charge in [-0.1, -0.05) is 45.2 Å². The first-order valence-corrected chi connectivity index (χ1v) is 7.76. The molecule has 104 valence electrons. The molecule has 1 atom stereocenters. The summed E-state index contributed by atoms with van der Waals surface area (Å²) in [7, 11) is 0.